The van der Waals surface area contributed by atoms with E-state index in [0.29, 0.717) is 12.3 Å². The second kappa shape index (κ2) is 8.72. The third-order valence-electron chi connectivity index (χ3n) is 5.01. The van der Waals surface area contributed by atoms with E-state index < -0.39 is 6.10 Å². The summed E-state index contributed by atoms with van der Waals surface area (Å²) in [4.78, 5) is 12.8. The van der Waals surface area contributed by atoms with Crippen molar-refractivity contribution in [1.82, 2.24) is 0 Å². The summed E-state index contributed by atoms with van der Waals surface area (Å²) in [5.74, 6) is 1.07. The molecule has 3 nitrogen and oxygen atoms in total. The number of nitrogens with one attached hydrogen (secondary N) is 1. The summed E-state index contributed by atoms with van der Waals surface area (Å²) in [5.41, 5.74) is 1.94. The van der Waals surface area contributed by atoms with Gasteiger partial charge in [-0.1, -0.05) is 69.3 Å². The van der Waals surface area contributed by atoms with Gasteiger partial charge >= 0.3 is 0 Å². The first-order chi connectivity index (χ1) is 13.1. The minimum absolute atomic E-state index is 0.119. The van der Waals surface area contributed by atoms with E-state index in [1.54, 1.807) is 0 Å². The number of carbonyl (C=O) groups is 1. The summed E-state index contributed by atoms with van der Waals surface area (Å²) in [6.07, 6.45) is 1.11. The summed E-state index contributed by atoms with van der Waals surface area (Å²) in [6.45, 7) is 6.31. The Labute approximate surface area is 161 Å². The third kappa shape index (κ3) is 4.48. The maximum absolute atomic E-state index is 12.8. The molecule has 140 valence electrons. The fourth-order valence-corrected chi connectivity index (χ4v) is 3.18. The molecule has 0 heterocycles. The predicted octanol–water partition coefficient (Wildman–Crippen LogP) is 6.15. The fourth-order valence-electron chi connectivity index (χ4n) is 3.18. The second-order valence-electron chi connectivity index (χ2n) is 6.91. The minimum atomic E-state index is -0.526. The molecule has 0 spiro atoms. The Morgan fingerprint density at radius 3 is 2.37 bits per heavy atom. The molecule has 0 radical (unpaired) electrons. The molecule has 3 aromatic carbocycles. The van der Waals surface area contributed by atoms with Crippen molar-refractivity contribution in [1.29, 1.82) is 0 Å². The standard InChI is InChI=1S/C24H27NO2/c1-4-17(3)21-12-8-9-13-23(21)27-22(5-2)24(26)25-20-15-14-18-10-6-7-11-19(18)16-20/h6-17,22H,4-5H2,1-3H3,(H,25,26). The average Bonchev–Trinajstić information content (AvgIpc) is 2.71. The highest BCUT2D eigenvalue weighted by atomic mass is 16.5. The number of anilines is 1. The molecular formula is C24H27NO2. The minimum Gasteiger partial charge on any atom is -0.480 e. The molecule has 0 saturated heterocycles. The molecule has 0 bridgehead atoms. The van der Waals surface area contributed by atoms with Crippen LogP contribution < -0.4 is 10.1 Å². The van der Waals surface area contributed by atoms with Gasteiger partial charge in [-0.2, -0.15) is 0 Å². The monoisotopic (exact) mass is 361 g/mol. The van der Waals surface area contributed by atoms with Gasteiger partial charge in [-0.25, -0.2) is 0 Å². The Bertz CT molecular complexity index is 919. The molecule has 0 fully saturated rings. The van der Waals surface area contributed by atoms with Crippen LogP contribution in [0.25, 0.3) is 10.8 Å². The van der Waals surface area contributed by atoms with Gasteiger partial charge in [0, 0.05) is 5.69 Å². The van der Waals surface area contributed by atoms with Crippen molar-refractivity contribution >= 4 is 22.4 Å². The van der Waals surface area contributed by atoms with Crippen molar-refractivity contribution < 1.29 is 9.53 Å². The van der Waals surface area contributed by atoms with Crippen LogP contribution in [0.4, 0.5) is 5.69 Å². The first kappa shape index (κ1) is 19.0. The smallest absolute Gasteiger partial charge is 0.265 e. The molecule has 1 amide bonds. The summed E-state index contributed by atoms with van der Waals surface area (Å²) in [6, 6.07) is 22.1. The van der Waals surface area contributed by atoms with Crippen LogP contribution in [0.1, 0.15) is 45.1 Å². The number of para-hydroxylation sites is 1. The highest BCUT2D eigenvalue weighted by Gasteiger charge is 2.21. The number of rotatable bonds is 7. The van der Waals surface area contributed by atoms with Crippen molar-refractivity contribution in [3.05, 3.63) is 72.3 Å². The summed E-state index contributed by atoms with van der Waals surface area (Å²) in [5, 5.41) is 5.26. The topological polar surface area (TPSA) is 38.3 Å². The Kier molecular flexibility index (Phi) is 6.12. The van der Waals surface area contributed by atoms with Gasteiger partial charge in [-0.3, -0.25) is 4.79 Å². The van der Waals surface area contributed by atoms with Gasteiger partial charge in [-0.15, -0.1) is 0 Å². The maximum Gasteiger partial charge on any atom is 0.265 e. The molecule has 2 atom stereocenters. The number of amides is 1. The van der Waals surface area contributed by atoms with E-state index in [1.165, 1.54) is 0 Å². The van der Waals surface area contributed by atoms with Crippen LogP contribution in [0.15, 0.2) is 66.7 Å². The predicted molar refractivity (Wildman–Crippen MR) is 112 cm³/mol. The van der Waals surface area contributed by atoms with Crippen LogP contribution in [-0.4, -0.2) is 12.0 Å². The lowest BCUT2D eigenvalue weighted by molar-refractivity contribution is -0.122. The second-order valence-corrected chi connectivity index (χ2v) is 6.91. The molecule has 0 aliphatic rings. The summed E-state index contributed by atoms with van der Waals surface area (Å²) in [7, 11) is 0. The Hall–Kier alpha value is -2.81. The molecule has 0 aliphatic heterocycles. The first-order valence-corrected chi connectivity index (χ1v) is 9.67. The van der Waals surface area contributed by atoms with Gasteiger partial charge in [-0.05, 0) is 53.3 Å². The van der Waals surface area contributed by atoms with Crippen LogP contribution in [-0.2, 0) is 4.79 Å². The van der Waals surface area contributed by atoms with E-state index >= 15 is 0 Å². The lowest BCUT2D eigenvalue weighted by atomic mass is 9.98. The molecule has 1 N–H and O–H groups in total. The normalized spacial score (nSPS) is 13.1. The lowest BCUT2D eigenvalue weighted by Gasteiger charge is -2.21. The SMILES string of the molecule is CCC(Oc1ccccc1C(C)CC)C(=O)Nc1ccc2ccccc2c1. The molecule has 3 heteroatoms. The number of fused-ring (bicyclic) bond motifs is 1. The largest absolute Gasteiger partial charge is 0.480 e. The van der Waals surface area contributed by atoms with E-state index in [2.05, 4.69) is 31.3 Å². The zero-order chi connectivity index (χ0) is 19.2. The average molecular weight is 361 g/mol. The van der Waals surface area contributed by atoms with Crippen LogP contribution in [0.3, 0.4) is 0 Å². The number of ether oxygens (including phenoxy) is 1. The maximum atomic E-state index is 12.8. The molecule has 27 heavy (non-hydrogen) atoms. The van der Waals surface area contributed by atoms with Crippen molar-refractivity contribution in [3.8, 4) is 5.75 Å². The van der Waals surface area contributed by atoms with Gasteiger partial charge in [0.25, 0.3) is 5.91 Å². The highest BCUT2D eigenvalue weighted by molar-refractivity contribution is 5.96. The molecule has 0 saturated carbocycles. The van der Waals surface area contributed by atoms with Crippen LogP contribution in [0.5, 0.6) is 5.75 Å². The van der Waals surface area contributed by atoms with Crippen molar-refractivity contribution in [2.75, 3.05) is 5.32 Å². The van der Waals surface area contributed by atoms with Crippen molar-refractivity contribution in [2.24, 2.45) is 0 Å². The van der Waals surface area contributed by atoms with Crippen LogP contribution >= 0.6 is 0 Å². The van der Waals surface area contributed by atoms with Gasteiger partial charge < -0.3 is 10.1 Å². The quantitative estimate of drug-likeness (QED) is 0.548. The molecule has 0 aromatic heterocycles. The third-order valence-corrected chi connectivity index (χ3v) is 5.01. The zero-order valence-electron chi connectivity index (χ0n) is 16.2. The number of hydrogen-bond acceptors (Lipinski definition) is 2. The summed E-state index contributed by atoms with van der Waals surface area (Å²) >= 11 is 0. The van der Waals surface area contributed by atoms with Gasteiger partial charge in [0.2, 0.25) is 0 Å². The van der Waals surface area contributed by atoms with Crippen molar-refractivity contribution in [2.45, 2.75) is 45.6 Å². The Balaban J connectivity index is 1.76. The van der Waals surface area contributed by atoms with E-state index in [0.717, 1.165) is 34.2 Å². The molecular weight excluding hydrogens is 334 g/mol. The number of benzene rings is 3. The molecule has 3 aromatic rings. The van der Waals surface area contributed by atoms with E-state index in [9.17, 15) is 4.79 Å². The lowest BCUT2D eigenvalue weighted by Crippen LogP contribution is -2.32. The molecule has 3 rings (SSSR count). The van der Waals surface area contributed by atoms with Crippen LogP contribution in [0.2, 0.25) is 0 Å². The van der Waals surface area contributed by atoms with E-state index in [-0.39, 0.29) is 5.91 Å². The summed E-state index contributed by atoms with van der Waals surface area (Å²) < 4.78 is 6.13. The molecule has 2 unspecified atom stereocenters. The number of hydrogen-bond donors (Lipinski definition) is 1. The Morgan fingerprint density at radius 1 is 0.926 bits per heavy atom. The fraction of sp³-hybridized carbons (Fsp3) is 0.292. The van der Waals surface area contributed by atoms with Crippen molar-refractivity contribution in [3.63, 3.8) is 0 Å². The van der Waals surface area contributed by atoms with Crippen LogP contribution in [0, 0.1) is 0 Å². The van der Waals surface area contributed by atoms with E-state index in [4.69, 9.17) is 4.74 Å². The van der Waals surface area contributed by atoms with Gasteiger partial charge in [0.05, 0.1) is 0 Å². The molecule has 0 aliphatic carbocycles. The Morgan fingerprint density at radius 2 is 1.63 bits per heavy atom. The van der Waals surface area contributed by atoms with Gasteiger partial charge in [0.1, 0.15) is 5.75 Å². The number of carbonyl (C=O) groups excluding carboxylic acids is 1. The van der Waals surface area contributed by atoms with Gasteiger partial charge in [0.15, 0.2) is 6.10 Å². The highest BCUT2D eigenvalue weighted by Crippen LogP contribution is 2.29. The zero-order valence-corrected chi connectivity index (χ0v) is 16.2. The van der Waals surface area contributed by atoms with E-state index in [1.807, 2.05) is 61.5 Å². The first-order valence-electron chi connectivity index (χ1n) is 9.67.